The molecular formula is C23H19ClN2O4. The molecule has 30 heavy (non-hydrogen) atoms. The van der Waals surface area contributed by atoms with Gasteiger partial charge in [-0.3, -0.25) is 0 Å². The van der Waals surface area contributed by atoms with Crippen LogP contribution in [-0.4, -0.2) is 20.6 Å². The molecule has 0 atom stereocenters. The molecule has 6 nitrogen and oxygen atoms in total. The summed E-state index contributed by atoms with van der Waals surface area (Å²) < 4.78 is 13.7. The van der Waals surface area contributed by atoms with Crippen molar-refractivity contribution in [1.82, 2.24) is 9.55 Å². The van der Waals surface area contributed by atoms with E-state index in [1.165, 1.54) is 6.07 Å². The maximum Gasteiger partial charge on any atom is 0.339 e. The van der Waals surface area contributed by atoms with Crippen LogP contribution in [0.15, 0.2) is 66.7 Å². The Morgan fingerprint density at radius 1 is 1.00 bits per heavy atom. The molecule has 4 aromatic rings. The highest BCUT2D eigenvalue weighted by atomic mass is 35.5. The fraction of sp³-hybridized carbons (Fsp3) is 0.130. The Morgan fingerprint density at radius 3 is 2.53 bits per heavy atom. The Hall–Kier alpha value is -3.51. The second kappa shape index (κ2) is 8.47. The first-order chi connectivity index (χ1) is 14.5. The smallest absolute Gasteiger partial charge is 0.339 e. The Bertz CT molecular complexity index is 1220. The van der Waals surface area contributed by atoms with Crippen LogP contribution < -0.4 is 9.47 Å². The average Bonchev–Trinajstić information content (AvgIpc) is 3.07. The summed E-state index contributed by atoms with van der Waals surface area (Å²) in [5.41, 5.74) is 2.63. The van der Waals surface area contributed by atoms with Crippen molar-refractivity contribution < 1.29 is 19.4 Å². The molecule has 0 unspecified atom stereocenters. The molecule has 0 radical (unpaired) electrons. The van der Waals surface area contributed by atoms with Gasteiger partial charge < -0.3 is 19.1 Å². The zero-order chi connectivity index (χ0) is 21.1. The first-order valence-electron chi connectivity index (χ1n) is 9.30. The minimum atomic E-state index is -1.10. The summed E-state index contributed by atoms with van der Waals surface area (Å²) in [6.07, 6.45) is 0. The zero-order valence-corrected chi connectivity index (χ0v) is 17.0. The van der Waals surface area contributed by atoms with Crippen LogP contribution in [0.2, 0.25) is 5.02 Å². The van der Waals surface area contributed by atoms with E-state index >= 15 is 0 Å². The van der Waals surface area contributed by atoms with Gasteiger partial charge in [0.1, 0.15) is 24.6 Å². The third kappa shape index (κ3) is 3.95. The van der Waals surface area contributed by atoms with Crippen LogP contribution in [0.1, 0.15) is 21.7 Å². The number of carboxylic acid groups (broad SMARTS) is 1. The molecule has 1 aromatic heterocycles. The quantitative estimate of drug-likeness (QED) is 0.449. The summed E-state index contributed by atoms with van der Waals surface area (Å²) in [6.45, 7) is 0.281. The van der Waals surface area contributed by atoms with Gasteiger partial charge in [-0.1, -0.05) is 48.0 Å². The Morgan fingerprint density at radius 2 is 1.77 bits per heavy atom. The van der Waals surface area contributed by atoms with Crippen molar-refractivity contribution >= 4 is 28.6 Å². The molecule has 0 spiro atoms. The van der Waals surface area contributed by atoms with E-state index in [1.54, 1.807) is 18.2 Å². The fourth-order valence-corrected chi connectivity index (χ4v) is 3.37. The van der Waals surface area contributed by atoms with Crippen molar-refractivity contribution in [2.75, 3.05) is 0 Å². The number of aromatic nitrogens is 2. The molecule has 1 N–H and O–H groups in total. The van der Waals surface area contributed by atoms with E-state index in [4.69, 9.17) is 21.1 Å². The summed E-state index contributed by atoms with van der Waals surface area (Å²) in [5.74, 6) is 0.0596. The Kier molecular flexibility index (Phi) is 5.59. The molecule has 0 amide bonds. The predicted molar refractivity (Wildman–Crippen MR) is 114 cm³/mol. The van der Waals surface area contributed by atoms with E-state index < -0.39 is 5.97 Å². The first-order valence-corrected chi connectivity index (χ1v) is 9.68. The number of hydrogen-bond acceptors (Lipinski definition) is 4. The maximum atomic E-state index is 11.7. The van der Waals surface area contributed by atoms with Crippen LogP contribution in [0.5, 0.6) is 11.5 Å². The number of halogens is 1. The molecule has 0 saturated carbocycles. The minimum absolute atomic E-state index is 0.0189. The van der Waals surface area contributed by atoms with Crippen LogP contribution in [0.4, 0.5) is 0 Å². The Labute approximate surface area is 178 Å². The van der Waals surface area contributed by atoms with Crippen molar-refractivity contribution in [1.29, 1.82) is 0 Å². The molecule has 0 saturated heterocycles. The third-order valence-corrected chi connectivity index (χ3v) is 5.14. The number of ether oxygens (including phenoxy) is 2. The number of imidazole rings is 1. The zero-order valence-electron chi connectivity index (χ0n) is 16.2. The van der Waals surface area contributed by atoms with Crippen LogP contribution in [0.3, 0.4) is 0 Å². The van der Waals surface area contributed by atoms with Gasteiger partial charge in [0, 0.05) is 17.6 Å². The largest absolute Gasteiger partial charge is 0.485 e. The number of para-hydroxylation sites is 3. The summed E-state index contributed by atoms with van der Waals surface area (Å²) in [7, 11) is 1.89. The fourth-order valence-electron chi connectivity index (χ4n) is 3.18. The van der Waals surface area contributed by atoms with Gasteiger partial charge >= 0.3 is 5.97 Å². The molecule has 3 aromatic carbocycles. The highest BCUT2D eigenvalue weighted by molar-refractivity contribution is 6.31. The number of carboxylic acids is 1. The SMILES string of the molecule is Cn1c(COc2c(OCc3ccccc3Cl)cccc2C(=O)O)nc2ccccc21. The highest BCUT2D eigenvalue weighted by Crippen LogP contribution is 2.33. The molecule has 0 bridgehead atoms. The number of aromatic carboxylic acids is 1. The topological polar surface area (TPSA) is 73.6 Å². The molecule has 0 aliphatic carbocycles. The van der Waals surface area contributed by atoms with Crippen molar-refractivity contribution in [3.8, 4) is 11.5 Å². The summed E-state index contributed by atoms with van der Waals surface area (Å²) in [6, 6.07) is 19.8. The molecule has 0 fully saturated rings. The second-order valence-electron chi connectivity index (χ2n) is 6.68. The molecule has 152 valence electrons. The lowest BCUT2D eigenvalue weighted by Crippen LogP contribution is -2.09. The van der Waals surface area contributed by atoms with E-state index in [0.29, 0.717) is 16.6 Å². The van der Waals surface area contributed by atoms with Crippen molar-refractivity contribution in [2.24, 2.45) is 7.05 Å². The number of benzene rings is 3. The number of rotatable bonds is 7. The van der Waals surface area contributed by atoms with Gasteiger partial charge in [-0.15, -0.1) is 0 Å². The number of carbonyl (C=O) groups is 1. The van der Waals surface area contributed by atoms with Crippen molar-refractivity contribution in [3.63, 3.8) is 0 Å². The van der Waals surface area contributed by atoms with Crippen molar-refractivity contribution in [2.45, 2.75) is 13.2 Å². The number of fused-ring (bicyclic) bond motifs is 1. The number of aryl methyl sites for hydroxylation is 1. The molecule has 1 heterocycles. The first kappa shape index (κ1) is 19.8. The van der Waals surface area contributed by atoms with Crippen LogP contribution in [0, 0.1) is 0 Å². The van der Waals surface area contributed by atoms with E-state index in [2.05, 4.69) is 4.98 Å². The van der Waals surface area contributed by atoms with Crippen LogP contribution >= 0.6 is 11.6 Å². The lowest BCUT2D eigenvalue weighted by molar-refractivity contribution is 0.0690. The standard InChI is InChI=1S/C23H19ClN2O4/c1-26-19-11-5-4-10-18(19)25-21(26)14-30-22-16(23(27)28)8-6-12-20(22)29-13-15-7-2-3-9-17(15)24/h2-12H,13-14H2,1H3,(H,27,28). The van der Waals surface area contributed by atoms with Gasteiger partial charge in [0.15, 0.2) is 11.5 Å². The van der Waals surface area contributed by atoms with Gasteiger partial charge in [-0.25, -0.2) is 9.78 Å². The van der Waals surface area contributed by atoms with E-state index in [0.717, 1.165) is 16.6 Å². The van der Waals surface area contributed by atoms with E-state index in [9.17, 15) is 9.90 Å². The normalized spacial score (nSPS) is 10.9. The lowest BCUT2D eigenvalue weighted by Gasteiger charge is -2.15. The van der Waals surface area contributed by atoms with Crippen LogP contribution in [0.25, 0.3) is 11.0 Å². The van der Waals surface area contributed by atoms with Gasteiger partial charge in [0.25, 0.3) is 0 Å². The van der Waals surface area contributed by atoms with Gasteiger partial charge in [-0.2, -0.15) is 0 Å². The maximum absolute atomic E-state index is 11.7. The Balaban J connectivity index is 1.61. The summed E-state index contributed by atoms with van der Waals surface area (Å²) in [4.78, 5) is 16.3. The average molecular weight is 423 g/mol. The van der Waals surface area contributed by atoms with Crippen molar-refractivity contribution in [3.05, 3.63) is 88.7 Å². The summed E-state index contributed by atoms with van der Waals surface area (Å²) >= 11 is 6.19. The lowest BCUT2D eigenvalue weighted by atomic mass is 10.2. The second-order valence-corrected chi connectivity index (χ2v) is 7.09. The minimum Gasteiger partial charge on any atom is -0.485 e. The highest BCUT2D eigenvalue weighted by Gasteiger charge is 2.18. The van der Waals surface area contributed by atoms with Crippen LogP contribution in [-0.2, 0) is 20.3 Å². The number of nitrogens with zero attached hydrogens (tertiary/aromatic N) is 2. The monoisotopic (exact) mass is 422 g/mol. The molecule has 7 heteroatoms. The molecule has 0 aliphatic heterocycles. The van der Waals surface area contributed by atoms with E-state index in [-0.39, 0.29) is 24.5 Å². The van der Waals surface area contributed by atoms with Gasteiger partial charge in [0.05, 0.1) is 11.0 Å². The van der Waals surface area contributed by atoms with Gasteiger partial charge in [0.2, 0.25) is 0 Å². The number of hydrogen-bond donors (Lipinski definition) is 1. The molecular weight excluding hydrogens is 404 g/mol. The molecule has 4 rings (SSSR count). The van der Waals surface area contributed by atoms with Gasteiger partial charge in [-0.05, 0) is 30.3 Å². The third-order valence-electron chi connectivity index (χ3n) is 4.78. The predicted octanol–water partition coefficient (Wildman–Crippen LogP) is 5.08. The summed E-state index contributed by atoms with van der Waals surface area (Å²) in [5, 5.41) is 10.2. The molecule has 0 aliphatic rings. The van der Waals surface area contributed by atoms with E-state index in [1.807, 2.05) is 54.1 Å².